The maximum atomic E-state index is 5.84. The lowest BCUT2D eigenvalue weighted by atomic mass is 10.1. The van der Waals surface area contributed by atoms with Crippen LogP contribution in [0.4, 0.5) is 0 Å². The highest BCUT2D eigenvalue weighted by atomic mass is 35.5. The zero-order valence-electron chi connectivity index (χ0n) is 7.05. The number of aromatic nitrogens is 1. The number of nitrogens with zero attached hydrogens (tertiary/aromatic N) is 2. The normalized spacial score (nSPS) is 17.5. The summed E-state index contributed by atoms with van der Waals surface area (Å²) in [5, 5.41) is 0.740. The van der Waals surface area contributed by atoms with Gasteiger partial charge in [0.15, 0.2) is 0 Å². The fourth-order valence-corrected chi connectivity index (χ4v) is 1.72. The van der Waals surface area contributed by atoms with Crippen LogP contribution in [0.15, 0.2) is 12.3 Å². The van der Waals surface area contributed by atoms with Crippen molar-refractivity contribution in [1.82, 2.24) is 9.88 Å². The molecule has 2 heterocycles. The molecule has 0 atom stereocenters. The van der Waals surface area contributed by atoms with Gasteiger partial charge in [-0.25, -0.2) is 0 Å². The molecule has 0 unspecified atom stereocenters. The topological polar surface area (TPSA) is 16.1 Å². The second-order valence-electron chi connectivity index (χ2n) is 3.25. The van der Waals surface area contributed by atoms with Crippen molar-refractivity contribution in [1.29, 1.82) is 0 Å². The third-order valence-corrected chi connectivity index (χ3v) is 2.40. The summed E-state index contributed by atoms with van der Waals surface area (Å²) in [5.41, 5.74) is 2.48. The molecule has 0 saturated heterocycles. The SMILES string of the molecule is CN1CCc2ncc(Cl)cc2C1. The molecular formula is C9H11ClN2. The molecule has 2 rings (SSSR count). The summed E-state index contributed by atoms with van der Waals surface area (Å²) in [6.07, 6.45) is 2.77. The molecule has 0 aliphatic carbocycles. The maximum absolute atomic E-state index is 5.84. The van der Waals surface area contributed by atoms with E-state index in [1.807, 2.05) is 6.07 Å². The maximum Gasteiger partial charge on any atom is 0.0592 e. The van der Waals surface area contributed by atoms with Crippen LogP contribution in [0.5, 0.6) is 0 Å². The molecule has 2 nitrogen and oxygen atoms in total. The average Bonchev–Trinajstić information content (AvgIpc) is 2.03. The van der Waals surface area contributed by atoms with Gasteiger partial charge in [0.2, 0.25) is 0 Å². The second kappa shape index (κ2) is 3.04. The molecule has 0 saturated carbocycles. The highest BCUT2D eigenvalue weighted by Crippen LogP contribution is 2.18. The van der Waals surface area contributed by atoms with Gasteiger partial charge in [-0.2, -0.15) is 0 Å². The van der Waals surface area contributed by atoms with E-state index in [2.05, 4.69) is 16.9 Å². The van der Waals surface area contributed by atoms with Gasteiger partial charge in [-0.1, -0.05) is 11.6 Å². The molecule has 1 aromatic rings. The third-order valence-electron chi connectivity index (χ3n) is 2.20. The van der Waals surface area contributed by atoms with Crippen molar-refractivity contribution in [2.75, 3.05) is 13.6 Å². The molecular weight excluding hydrogens is 172 g/mol. The van der Waals surface area contributed by atoms with Crippen LogP contribution in [-0.2, 0) is 13.0 Å². The Morgan fingerprint density at radius 3 is 3.25 bits per heavy atom. The largest absolute Gasteiger partial charge is 0.302 e. The average molecular weight is 183 g/mol. The van der Waals surface area contributed by atoms with Crippen molar-refractivity contribution in [2.45, 2.75) is 13.0 Å². The van der Waals surface area contributed by atoms with Crippen molar-refractivity contribution >= 4 is 11.6 Å². The van der Waals surface area contributed by atoms with Crippen LogP contribution in [0.2, 0.25) is 5.02 Å². The van der Waals surface area contributed by atoms with Crippen molar-refractivity contribution in [2.24, 2.45) is 0 Å². The van der Waals surface area contributed by atoms with E-state index in [-0.39, 0.29) is 0 Å². The number of hydrogen-bond acceptors (Lipinski definition) is 2. The van der Waals surface area contributed by atoms with E-state index >= 15 is 0 Å². The molecule has 0 spiro atoms. The predicted octanol–water partition coefficient (Wildman–Crippen LogP) is 1.72. The van der Waals surface area contributed by atoms with Crippen LogP contribution < -0.4 is 0 Å². The summed E-state index contributed by atoms with van der Waals surface area (Å²) < 4.78 is 0. The van der Waals surface area contributed by atoms with E-state index in [4.69, 9.17) is 11.6 Å². The third kappa shape index (κ3) is 1.45. The summed E-state index contributed by atoms with van der Waals surface area (Å²) in [5.74, 6) is 0. The van der Waals surface area contributed by atoms with Gasteiger partial charge in [0.1, 0.15) is 0 Å². The van der Waals surface area contributed by atoms with Crippen LogP contribution >= 0.6 is 11.6 Å². The van der Waals surface area contributed by atoms with Crippen LogP contribution in [0.25, 0.3) is 0 Å². The number of hydrogen-bond donors (Lipinski definition) is 0. The van der Waals surface area contributed by atoms with Gasteiger partial charge >= 0.3 is 0 Å². The standard InChI is InChI=1S/C9H11ClN2/c1-12-3-2-9-7(6-12)4-8(10)5-11-9/h4-5H,2-3,6H2,1H3. The van der Waals surface area contributed by atoms with Gasteiger partial charge in [-0.15, -0.1) is 0 Å². The lowest BCUT2D eigenvalue weighted by molar-refractivity contribution is 0.310. The Morgan fingerprint density at radius 1 is 1.58 bits per heavy atom. The van der Waals surface area contributed by atoms with Crippen molar-refractivity contribution < 1.29 is 0 Å². The zero-order chi connectivity index (χ0) is 8.55. The summed E-state index contributed by atoms with van der Waals surface area (Å²) in [6, 6.07) is 2.01. The van der Waals surface area contributed by atoms with E-state index in [0.29, 0.717) is 0 Å². The van der Waals surface area contributed by atoms with Crippen LogP contribution in [0, 0.1) is 0 Å². The molecule has 0 aromatic carbocycles. The minimum atomic E-state index is 0.740. The van der Waals surface area contributed by atoms with Crippen LogP contribution in [0.1, 0.15) is 11.3 Å². The number of pyridine rings is 1. The van der Waals surface area contributed by atoms with Crippen LogP contribution in [-0.4, -0.2) is 23.5 Å². The lowest BCUT2D eigenvalue weighted by Crippen LogP contribution is -2.27. The minimum Gasteiger partial charge on any atom is -0.302 e. The molecule has 1 aliphatic heterocycles. The molecule has 0 radical (unpaired) electrons. The van der Waals surface area contributed by atoms with E-state index in [0.717, 1.165) is 24.5 Å². The first-order valence-corrected chi connectivity index (χ1v) is 4.45. The highest BCUT2D eigenvalue weighted by molar-refractivity contribution is 6.30. The predicted molar refractivity (Wildman–Crippen MR) is 49.3 cm³/mol. The Balaban J connectivity index is 2.37. The number of fused-ring (bicyclic) bond motifs is 1. The van der Waals surface area contributed by atoms with Gasteiger partial charge in [0.25, 0.3) is 0 Å². The smallest absolute Gasteiger partial charge is 0.0592 e. The van der Waals surface area contributed by atoms with E-state index in [9.17, 15) is 0 Å². The molecule has 12 heavy (non-hydrogen) atoms. The van der Waals surface area contributed by atoms with Crippen molar-refractivity contribution in [3.63, 3.8) is 0 Å². The number of halogens is 1. The first-order chi connectivity index (χ1) is 5.75. The van der Waals surface area contributed by atoms with Gasteiger partial charge in [-0.05, 0) is 18.7 Å². The van der Waals surface area contributed by atoms with Gasteiger partial charge in [-0.3, -0.25) is 4.98 Å². The Kier molecular flexibility index (Phi) is 2.03. The highest BCUT2D eigenvalue weighted by Gasteiger charge is 2.13. The first-order valence-electron chi connectivity index (χ1n) is 4.07. The zero-order valence-corrected chi connectivity index (χ0v) is 7.80. The first kappa shape index (κ1) is 8.02. The molecule has 0 fully saturated rings. The van der Waals surface area contributed by atoms with Gasteiger partial charge in [0, 0.05) is 31.4 Å². The summed E-state index contributed by atoms with van der Waals surface area (Å²) in [7, 11) is 2.11. The Morgan fingerprint density at radius 2 is 2.42 bits per heavy atom. The molecule has 1 aliphatic rings. The minimum absolute atomic E-state index is 0.740. The number of rotatable bonds is 0. The fraction of sp³-hybridized carbons (Fsp3) is 0.444. The summed E-state index contributed by atoms with van der Waals surface area (Å²) in [6.45, 7) is 2.07. The van der Waals surface area contributed by atoms with Crippen molar-refractivity contribution in [3.8, 4) is 0 Å². The van der Waals surface area contributed by atoms with E-state index in [1.54, 1.807) is 6.20 Å². The van der Waals surface area contributed by atoms with Gasteiger partial charge < -0.3 is 4.90 Å². The van der Waals surface area contributed by atoms with Crippen LogP contribution in [0.3, 0.4) is 0 Å². The van der Waals surface area contributed by atoms with Gasteiger partial charge in [0.05, 0.1) is 5.02 Å². The Bertz CT molecular complexity index is 299. The Hall–Kier alpha value is -0.600. The van der Waals surface area contributed by atoms with E-state index in [1.165, 1.54) is 11.3 Å². The molecule has 3 heteroatoms. The number of likely N-dealkylation sites (N-methyl/N-ethyl adjacent to an activating group) is 1. The summed E-state index contributed by atoms with van der Waals surface area (Å²) >= 11 is 5.84. The molecule has 0 bridgehead atoms. The quantitative estimate of drug-likeness (QED) is 0.608. The molecule has 0 amide bonds. The Labute approximate surface area is 77.2 Å². The van der Waals surface area contributed by atoms with Crippen molar-refractivity contribution in [3.05, 3.63) is 28.5 Å². The molecule has 64 valence electrons. The fourth-order valence-electron chi connectivity index (χ4n) is 1.54. The second-order valence-corrected chi connectivity index (χ2v) is 3.68. The summed E-state index contributed by atoms with van der Waals surface area (Å²) in [4.78, 5) is 6.57. The monoisotopic (exact) mass is 182 g/mol. The lowest BCUT2D eigenvalue weighted by Gasteiger charge is -2.23. The van der Waals surface area contributed by atoms with E-state index < -0.39 is 0 Å². The molecule has 1 aromatic heterocycles. The molecule has 0 N–H and O–H groups in total.